The topological polar surface area (TPSA) is 82.7 Å². The highest BCUT2D eigenvalue weighted by Crippen LogP contribution is 2.32. The van der Waals surface area contributed by atoms with Gasteiger partial charge < -0.3 is 23.8 Å². The van der Waals surface area contributed by atoms with Gasteiger partial charge in [-0.3, -0.25) is 4.79 Å². The van der Waals surface area contributed by atoms with Crippen LogP contribution in [0.2, 0.25) is 0 Å². The molecule has 1 amide bonds. The molecule has 2 aromatic heterocycles. The zero-order chi connectivity index (χ0) is 21.3. The van der Waals surface area contributed by atoms with Crippen LogP contribution in [0.25, 0.3) is 32.8 Å². The predicted octanol–water partition coefficient (Wildman–Crippen LogP) is 3.07. The number of carbonyl (C=O) groups is 1. The number of fused-ring (bicyclic) bond motifs is 4. The van der Waals surface area contributed by atoms with Gasteiger partial charge in [0.1, 0.15) is 12.1 Å². The second-order valence-corrected chi connectivity index (χ2v) is 7.34. The van der Waals surface area contributed by atoms with Crippen molar-refractivity contribution in [1.29, 1.82) is 0 Å². The SMILES string of the molecule is COCC(NC(=O)Cn1c2ccccc2c2cc3ccc(=O)oc3cc21)[C@H](C)OC. The van der Waals surface area contributed by atoms with Crippen molar-refractivity contribution in [2.45, 2.75) is 25.6 Å². The molecule has 4 aromatic rings. The van der Waals surface area contributed by atoms with E-state index in [1.807, 2.05) is 47.9 Å². The van der Waals surface area contributed by atoms with Crippen LogP contribution in [0, 0.1) is 0 Å². The monoisotopic (exact) mass is 408 g/mol. The van der Waals surface area contributed by atoms with Crippen LogP contribution < -0.4 is 10.9 Å². The molecule has 2 atom stereocenters. The zero-order valence-electron chi connectivity index (χ0n) is 17.2. The smallest absolute Gasteiger partial charge is 0.336 e. The van der Waals surface area contributed by atoms with Crippen molar-refractivity contribution in [3.8, 4) is 0 Å². The number of hydrogen-bond acceptors (Lipinski definition) is 5. The van der Waals surface area contributed by atoms with Gasteiger partial charge in [-0.1, -0.05) is 18.2 Å². The van der Waals surface area contributed by atoms with Crippen LogP contribution in [0.15, 0.2) is 57.7 Å². The summed E-state index contributed by atoms with van der Waals surface area (Å²) in [6.45, 7) is 2.35. The summed E-state index contributed by atoms with van der Waals surface area (Å²) in [5, 5.41) is 5.87. The standard InChI is InChI=1S/C23H24N2O5/c1-14(29-3)18(13-28-2)24-22(26)12-25-19-7-5-4-6-16(19)17-10-15-8-9-23(27)30-21(15)11-20(17)25/h4-11,14,18H,12-13H2,1-3H3,(H,24,26)/t14-,18?/m0/s1. The molecule has 0 radical (unpaired) electrons. The van der Waals surface area contributed by atoms with Gasteiger partial charge in [-0.2, -0.15) is 0 Å². The Kier molecular flexibility index (Phi) is 5.57. The quantitative estimate of drug-likeness (QED) is 0.475. The van der Waals surface area contributed by atoms with Crippen LogP contribution >= 0.6 is 0 Å². The molecule has 7 heteroatoms. The van der Waals surface area contributed by atoms with Gasteiger partial charge in [-0.05, 0) is 25.1 Å². The molecule has 0 aliphatic carbocycles. The molecule has 7 nitrogen and oxygen atoms in total. The minimum Gasteiger partial charge on any atom is -0.423 e. The van der Waals surface area contributed by atoms with Crippen molar-refractivity contribution >= 4 is 38.7 Å². The Morgan fingerprint density at radius 2 is 1.90 bits per heavy atom. The molecule has 2 heterocycles. The Hall–Kier alpha value is -3.16. The maximum Gasteiger partial charge on any atom is 0.336 e. The summed E-state index contributed by atoms with van der Waals surface area (Å²) in [5.74, 6) is -0.154. The Morgan fingerprint density at radius 1 is 1.10 bits per heavy atom. The summed E-state index contributed by atoms with van der Waals surface area (Å²) in [6.07, 6.45) is -0.190. The molecule has 1 unspecified atom stereocenters. The van der Waals surface area contributed by atoms with E-state index in [4.69, 9.17) is 13.9 Å². The number of rotatable bonds is 7. The second kappa shape index (κ2) is 8.30. The van der Waals surface area contributed by atoms with E-state index in [1.54, 1.807) is 20.3 Å². The van der Waals surface area contributed by atoms with E-state index in [9.17, 15) is 9.59 Å². The number of carbonyl (C=O) groups excluding carboxylic acids is 1. The average molecular weight is 408 g/mol. The minimum absolute atomic E-state index is 0.114. The molecule has 156 valence electrons. The van der Waals surface area contributed by atoms with E-state index in [0.717, 1.165) is 27.2 Å². The maximum absolute atomic E-state index is 12.9. The molecule has 30 heavy (non-hydrogen) atoms. The number of methoxy groups -OCH3 is 2. The van der Waals surface area contributed by atoms with Gasteiger partial charge in [0.2, 0.25) is 5.91 Å². The second-order valence-electron chi connectivity index (χ2n) is 7.34. The van der Waals surface area contributed by atoms with E-state index < -0.39 is 5.63 Å². The van der Waals surface area contributed by atoms with Gasteiger partial charge in [-0.25, -0.2) is 4.79 Å². The lowest BCUT2D eigenvalue weighted by molar-refractivity contribution is -0.123. The number of para-hydroxylation sites is 1. The van der Waals surface area contributed by atoms with Crippen LogP contribution in [0.1, 0.15) is 6.92 Å². The van der Waals surface area contributed by atoms with Crippen molar-refractivity contribution in [1.82, 2.24) is 9.88 Å². The normalized spacial score (nSPS) is 13.7. The van der Waals surface area contributed by atoms with Crippen molar-refractivity contribution in [3.05, 3.63) is 59.0 Å². The fraction of sp³-hybridized carbons (Fsp3) is 0.304. The molecule has 0 saturated carbocycles. The van der Waals surface area contributed by atoms with Gasteiger partial charge in [0.15, 0.2) is 0 Å². The van der Waals surface area contributed by atoms with E-state index in [0.29, 0.717) is 12.2 Å². The lowest BCUT2D eigenvalue weighted by atomic mass is 10.1. The number of nitrogens with zero attached hydrogens (tertiary/aromatic N) is 1. The molecular formula is C23H24N2O5. The van der Waals surface area contributed by atoms with Crippen LogP contribution in [0.5, 0.6) is 0 Å². The molecule has 0 spiro atoms. The summed E-state index contributed by atoms with van der Waals surface area (Å²) in [5.41, 5.74) is 1.85. The number of nitrogens with one attached hydrogen (secondary N) is 1. The molecule has 0 saturated heterocycles. The van der Waals surface area contributed by atoms with Gasteiger partial charge >= 0.3 is 5.63 Å². The van der Waals surface area contributed by atoms with Gasteiger partial charge in [0.25, 0.3) is 0 Å². The summed E-state index contributed by atoms with van der Waals surface area (Å²) in [7, 11) is 3.19. The largest absolute Gasteiger partial charge is 0.423 e. The zero-order valence-corrected chi connectivity index (χ0v) is 17.2. The van der Waals surface area contributed by atoms with E-state index in [2.05, 4.69) is 5.32 Å². The summed E-state index contributed by atoms with van der Waals surface area (Å²) in [6, 6.07) is 14.6. The van der Waals surface area contributed by atoms with Crippen LogP contribution in [0.3, 0.4) is 0 Å². The molecular weight excluding hydrogens is 384 g/mol. The Balaban J connectivity index is 1.78. The van der Waals surface area contributed by atoms with Crippen molar-refractivity contribution in [2.75, 3.05) is 20.8 Å². The number of ether oxygens (including phenoxy) is 2. The first-order chi connectivity index (χ1) is 14.5. The fourth-order valence-corrected chi connectivity index (χ4v) is 3.81. The highest BCUT2D eigenvalue weighted by Gasteiger charge is 2.21. The third-order valence-corrected chi connectivity index (χ3v) is 5.45. The first-order valence-corrected chi connectivity index (χ1v) is 9.77. The van der Waals surface area contributed by atoms with Gasteiger partial charge in [-0.15, -0.1) is 0 Å². The van der Waals surface area contributed by atoms with Crippen LogP contribution in [-0.2, 0) is 20.8 Å². The lowest BCUT2D eigenvalue weighted by Gasteiger charge is -2.23. The molecule has 1 N–H and O–H groups in total. The highest BCUT2D eigenvalue weighted by molar-refractivity contribution is 6.12. The minimum atomic E-state index is -0.404. The van der Waals surface area contributed by atoms with E-state index >= 15 is 0 Å². The molecule has 4 rings (SSSR count). The van der Waals surface area contributed by atoms with Crippen molar-refractivity contribution in [2.24, 2.45) is 0 Å². The Morgan fingerprint density at radius 3 is 2.67 bits per heavy atom. The average Bonchev–Trinajstić information content (AvgIpc) is 3.04. The third kappa shape index (κ3) is 3.69. The Labute approximate surface area is 173 Å². The fourth-order valence-electron chi connectivity index (χ4n) is 3.81. The molecule has 2 aromatic carbocycles. The molecule has 0 bridgehead atoms. The highest BCUT2D eigenvalue weighted by atomic mass is 16.5. The van der Waals surface area contributed by atoms with E-state index in [-0.39, 0.29) is 24.6 Å². The lowest BCUT2D eigenvalue weighted by Crippen LogP contribution is -2.46. The summed E-state index contributed by atoms with van der Waals surface area (Å²) >= 11 is 0. The first-order valence-electron chi connectivity index (χ1n) is 9.77. The Bertz CT molecular complexity index is 1270. The molecule has 0 aliphatic heterocycles. The number of amides is 1. The number of hydrogen-bond donors (Lipinski definition) is 1. The number of aromatic nitrogens is 1. The first kappa shape index (κ1) is 20.1. The maximum atomic E-state index is 12.9. The van der Waals surface area contributed by atoms with Crippen LogP contribution in [-0.4, -0.2) is 43.4 Å². The van der Waals surface area contributed by atoms with E-state index in [1.165, 1.54) is 6.07 Å². The van der Waals surface area contributed by atoms with Gasteiger partial charge in [0, 0.05) is 48.0 Å². The summed E-state index contributed by atoms with van der Waals surface area (Å²) in [4.78, 5) is 24.6. The van der Waals surface area contributed by atoms with Crippen LogP contribution in [0.4, 0.5) is 0 Å². The molecule has 0 aliphatic rings. The van der Waals surface area contributed by atoms with Crippen molar-refractivity contribution in [3.63, 3.8) is 0 Å². The predicted molar refractivity (Wildman–Crippen MR) is 116 cm³/mol. The van der Waals surface area contributed by atoms with Crippen molar-refractivity contribution < 1.29 is 18.7 Å². The van der Waals surface area contributed by atoms with Gasteiger partial charge in [0.05, 0.1) is 24.3 Å². The molecule has 0 fully saturated rings. The summed E-state index contributed by atoms with van der Waals surface area (Å²) < 4.78 is 17.9. The number of benzene rings is 2. The third-order valence-electron chi connectivity index (χ3n) is 5.45.